The topological polar surface area (TPSA) is 27.6 Å². The van der Waals surface area contributed by atoms with E-state index in [-0.39, 0.29) is 0 Å². The fourth-order valence-electron chi connectivity index (χ4n) is 2.04. The van der Waals surface area contributed by atoms with E-state index in [0.717, 1.165) is 32.7 Å². The Balaban J connectivity index is 1.65. The van der Waals surface area contributed by atoms with Crippen LogP contribution in [0.1, 0.15) is 11.1 Å². The number of rotatable bonds is 2. The molecule has 3 rings (SSSR count). The molecule has 0 spiro atoms. The zero-order chi connectivity index (χ0) is 9.38. The number of nitrogens with zero attached hydrogens (tertiary/aromatic N) is 2. The SMILES string of the molecule is c1scc2c1CN(CC1=NCCN1)C2. The van der Waals surface area contributed by atoms with Crippen LogP contribution < -0.4 is 5.32 Å². The van der Waals surface area contributed by atoms with Crippen molar-refractivity contribution in [2.75, 3.05) is 19.6 Å². The van der Waals surface area contributed by atoms with Crippen LogP contribution in [0.2, 0.25) is 0 Å². The van der Waals surface area contributed by atoms with Gasteiger partial charge in [0.15, 0.2) is 0 Å². The quantitative estimate of drug-likeness (QED) is 0.785. The molecule has 0 fully saturated rings. The van der Waals surface area contributed by atoms with Crippen molar-refractivity contribution in [2.45, 2.75) is 13.1 Å². The van der Waals surface area contributed by atoms with E-state index in [0.29, 0.717) is 0 Å². The summed E-state index contributed by atoms with van der Waals surface area (Å²) in [5.74, 6) is 1.17. The zero-order valence-electron chi connectivity index (χ0n) is 7.99. The van der Waals surface area contributed by atoms with Gasteiger partial charge in [-0.2, -0.15) is 11.3 Å². The van der Waals surface area contributed by atoms with Gasteiger partial charge in [-0.15, -0.1) is 0 Å². The minimum Gasteiger partial charge on any atom is -0.371 e. The Hall–Kier alpha value is -0.870. The standard InChI is InChI=1S/C10H13N3S/c1-2-12-10(11-1)5-13-3-8-6-14-7-9(8)4-13/h6-7H,1-5H2,(H,11,12). The van der Waals surface area contributed by atoms with Crippen LogP contribution in [-0.4, -0.2) is 30.4 Å². The molecule has 0 aliphatic carbocycles. The number of amidine groups is 1. The Kier molecular flexibility index (Phi) is 2.03. The summed E-state index contributed by atoms with van der Waals surface area (Å²) >= 11 is 1.81. The average Bonchev–Trinajstić information content (AvgIpc) is 2.78. The molecule has 0 radical (unpaired) electrons. The average molecular weight is 207 g/mol. The molecule has 0 unspecified atom stereocenters. The van der Waals surface area contributed by atoms with E-state index in [1.807, 2.05) is 11.3 Å². The van der Waals surface area contributed by atoms with Crippen LogP contribution in [-0.2, 0) is 13.1 Å². The van der Waals surface area contributed by atoms with Crippen LogP contribution in [0.5, 0.6) is 0 Å². The molecule has 0 atom stereocenters. The first-order valence-corrected chi connectivity index (χ1v) is 5.89. The Morgan fingerprint density at radius 1 is 1.36 bits per heavy atom. The van der Waals surface area contributed by atoms with Crippen LogP contribution in [0, 0.1) is 0 Å². The summed E-state index contributed by atoms with van der Waals surface area (Å²) in [4.78, 5) is 6.85. The molecule has 1 aromatic heterocycles. The molecule has 0 saturated carbocycles. The summed E-state index contributed by atoms with van der Waals surface area (Å²) in [6, 6.07) is 0. The van der Waals surface area contributed by atoms with Gasteiger partial charge in [-0.1, -0.05) is 0 Å². The van der Waals surface area contributed by atoms with E-state index >= 15 is 0 Å². The Morgan fingerprint density at radius 2 is 2.14 bits per heavy atom. The highest BCUT2D eigenvalue weighted by Gasteiger charge is 2.21. The monoisotopic (exact) mass is 207 g/mol. The Labute approximate surface area is 87.5 Å². The molecule has 0 aromatic carbocycles. The second-order valence-corrected chi connectivity index (χ2v) is 4.57. The van der Waals surface area contributed by atoms with E-state index in [9.17, 15) is 0 Å². The highest BCUT2D eigenvalue weighted by atomic mass is 32.1. The fraction of sp³-hybridized carbons (Fsp3) is 0.500. The zero-order valence-corrected chi connectivity index (χ0v) is 8.81. The highest BCUT2D eigenvalue weighted by Crippen LogP contribution is 2.25. The van der Waals surface area contributed by atoms with Crippen molar-refractivity contribution in [3.05, 3.63) is 21.9 Å². The van der Waals surface area contributed by atoms with Crippen molar-refractivity contribution >= 4 is 17.2 Å². The maximum absolute atomic E-state index is 4.41. The predicted molar refractivity (Wildman–Crippen MR) is 58.7 cm³/mol. The largest absolute Gasteiger partial charge is 0.371 e. The number of nitrogens with one attached hydrogen (secondary N) is 1. The molecule has 1 N–H and O–H groups in total. The van der Waals surface area contributed by atoms with Gasteiger partial charge in [0.2, 0.25) is 0 Å². The first-order chi connectivity index (χ1) is 6.92. The lowest BCUT2D eigenvalue weighted by Crippen LogP contribution is -2.31. The Bertz CT molecular complexity index is 349. The summed E-state index contributed by atoms with van der Waals surface area (Å²) in [6.45, 7) is 5.15. The number of fused-ring (bicyclic) bond motifs is 1. The molecule has 74 valence electrons. The molecule has 4 heteroatoms. The summed E-state index contributed by atoms with van der Waals surface area (Å²) in [6.07, 6.45) is 0. The second-order valence-electron chi connectivity index (χ2n) is 3.82. The smallest absolute Gasteiger partial charge is 0.111 e. The number of hydrogen-bond donors (Lipinski definition) is 1. The van der Waals surface area contributed by atoms with Gasteiger partial charge in [-0.3, -0.25) is 9.89 Å². The molecule has 0 amide bonds. The predicted octanol–water partition coefficient (Wildman–Crippen LogP) is 1.07. The van der Waals surface area contributed by atoms with Crippen molar-refractivity contribution in [1.82, 2.24) is 10.2 Å². The van der Waals surface area contributed by atoms with Gasteiger partial charge in [0, 0.05) is 19.6 Å². The van der Waals surface area contributed by atoms with Crippen molar-refractivity contribution in [1.29, 1.82) is 0 Å². The number of thiophene rings is 1. The molecule has 14 heavy (non-hydrogen) atoms. The van der Waals surface area contributed by atoms with E-state index in [1.54, 1.807) is 0 Å². The molecule has 0 saturated heterocycles. The molecular weight excluding hydrogens is 194 g/mol. The third-order valence-corrected chi connectivity index (χ3v) is 3.58. The first kappa shape index (κ1) is 8.44. The van der Waals surface area contributed by atoms with Crippen molar-refractivity contribution in [2.24, 2.45) is 4.99 Å². The van der Waals surface area contributed by atoms with E-state index in [2.05, 4.69) is 26.0 Å². The Morgan fingerprint density at radius 3 is 2.79 bits per heavy atom. The summed E-state index contributed by atoms with van der Waals surface area (Å²) in [5.41, 5.74) is 3.02. The molecule has 3 nitrogen and oxygen atoms in total. The van der Waals surface area contributed by atoms with Gasteiger partial charge in [-0.05, 0) is 21.9 Å². The van der Waals surface area contributed by atoms with Gasteiger partial charge >= 0.3 is 0 Å². The summed E-state index contributed by atoms with van der Waals surface area (Å²) in [7, 11) is 0. The third kappa shape index (κ3) is 1.44. The van der Waals surface area contributed by atoms with Gasteiger partial charge in [0.05, 0.1) is 13.1 Å². The van der Waals surface area contributed by atoms with Crippen LogP contribution in [0.4, 0.5) is 0 Å². The number of aliphatic imine (C=N–C) groups is 1. The van der Waals surface area contributed by atoms with Crippen LogP contribution in [0.15, 0.2) is 15.8 Å². The molecule has 0 bridgehead atoms. The maximum atomic E-state index is 4.41. The molecule has 2 aliphatic rings. The van der Waals surface area contributed by atoms with Crippen LogP contribution >= 0.6 is 11.3 Å². The normalized spacial score (nSPS) is 20.7. The third-order valence-electron chi connectivity index (χ3n) is 2.74. The van der Waals surface area contributed by atoms with E-state index in [4.69, 9.17) is 0 Å². The summed E-state index contributed by atoms with van der Waals surface area (Å²) in [5, 5.41) is 7.84. The maximum Gasteiger partial charge on any atom is 0.111 e. The van der Waals surface area contributed by atoms with Crippen molar-refractivity contribution in [3.63, 3.8) is 0 Å². The van der Waals surface area contributed by atoms with E-state index in [1.165, 1.54) is 17.0 Å². The second kappa shape index (κ2) is 3.37. The number of hydrogen-bond acceptors (Lipinski definition) is 4. The lowest BCUT2D eigenvalue weighted by molar-refractivity contribution is 0.324. The molecule has 1 aromatic rings. The molecular formula is C10H13N3S. The molecule has 2 aliphatic heterocycles. The fourth-order valence-corrected chi connectivity index (χ4v) is 2.89. The molecule has 3 heterocycles. The first-order valence-electron chi connectivity index (χ1n) is 4.95. The van der Waals surface area contributed by atoms with Gasteiger partial charge in [-0.25, -0.2) is 0 Å². The van der Waals surface area contributed by atoms with Crippen molar-refractivity contribution < 1.29 is 0 Å². The minimum absolute atomic E-state index is 0.949. The van der Waals surface area contributed by atoms with Gasteiger partial charge in [0.25, 0.3) is 0 Å². The summed E-state index contributed by atoms with van der Waals surface area (Å²) < 4.78 is 0. The minimum atomic E-state index is 0.949. The lowest BCUT2D eigenvalue weighted by Gasteiger charge is -2.14. The van der Waals surface area contributed by atoms with Gasteiger partial charge < -0.3 is 5.32 Å². The highest BCUT2D eigenvalue weighted by molar-refractivity contribution is 7.08. The van der Waals surface area contributed by atoms with Crippen molar-refractivity contribution in [3.8, 4) is 0 Å². The van der Waals surface area contributed by atoms with Crippen LogP contribution in [0.25, 0.3) is 0 Å². The van der Waals surface area contributed by atoms with Gasteiger partial charge in [0.1, 0.15) is 5.84 Å². The van der Waals surface area contributed by atoms with Crippen LogP contribution in [0.3, 0.4) is 0 Å². The lowest BCUT2D eigenvalue weighted by atomic mass is 10.2. The van der Waals surface area contributed by atoms with E-state index < -0.39 is 0 Å².